The van der Waals surface area contributed by atoms with Crippen LogP contribution in [0.1, 0.15) is 26.3 Å². The second kappa shape index (κ2) is 5.17. The molecule has 4 nitrogen and oxygen atoms in total. The predicted molar refractivity (Wildman–Crippen MR) is 77.8 cm³/mol. The number of H-pyrrole nitrogens is 1. The highest BCUT2D eigenvalue weighted by Crippen LogP contribution is 2.34. The van der Waals surface area contributed by atoms with E-state index in [4.69, 9.17) is 4.74 Å². The molecule has 0 amide bonds. The zero-order valence-electron chi connectivity index (χ0n) is 11.0. The van der Waals surface area contributed by atoms with Gasteiger partial charge in [-0.05, 0) is 27.4 Å². The molecule has 0 fully saturated rings. The first-order valence-electron chi connectivity index (χ1n) is 5.90. The minimum absolute atomic E-state index is 0.0513. The third kappa shape index (κ3) is 3.04. The van der Waals surface area contributed by atoms with Gasteiger partial charge in [-0.2, -0.15) is 0 Å². The molecular weight excluding hydrogens is 308 g/mol. The molecule has 1 N–H and O–H groups in total. The number of ether oxygens (including phenoxy) is 1. The fourth-order valence-corrected chi connectivity index (χ4v) is 2.02. The highest BCUT2D eigenvalue weighted by atomic mass is 79.9. The second-order valence-electron chi connectivity index (χ2n) is 5.20. The van der Waals surface area contributed by atoms with Crippen molar-refractivity contribution in [3.8, 4) is 11.6 Å². The Kier molecular flexibility index (Phi) is 3.75. The van der Waals surface area contributed by atoms with Crippen molar-refractivity contribution in [1.29, 1.82) is 0 Å². The van der Waals surface area contributed by atoms with E-state index in [1.165, 1.54) is 6.33 Å². The molecule has 0 unspecified atom stereocenters. The summed E-state index contributed by atoms with van der Waals surface area (Å²) in [6.07, 6.45) is 1.32. The molecule has 0 radical (unpaired) electrons. The third-order valence-electron chi connectivity index (χ3n) is 2.67. The Morgan fingerprint density at radius 2 is 1.95 bits per heavy atom. The number of aromatic nitrogens is 2. The third-order valence-corrected chi connectivity index (χ3v) is 3.37. The fourth-order valence-electron chi connectivity index (χ4n) is 1.72. The van der Waals surface area contributed by atoms with E-state index in [1.807, 2.05) is 24.3 Å². The SMILES string of the molecule is CC(C)(C)c1ccccc1Oc1nc[nH]c(=O)c1Br. The molecule has 5 heteroatoms. The van der Waals surface area contributed by atoms with Gasteiger partial charge >= 0.3 is 0 Å². The quantitative estimate of drug-likeness (QED) is 0.918. The monoisotopic (exact) mass is 322 g/mol. The molecule has 0 atom stereocenters. The van der Waals surface area contributed by atoms with Crippen LogP contribution in [0.4, 0.5) is 0 Å². The van der Waals surface area contributed by atoms with Crippen molar-refractivity contribution >= 4 is 15.9 Å². The van der Waals surface area contributed by atoms with Gasteiger partial charge < -0.3 is 9.72 Å². The van der Waals surface area contributed by atoms with E-state index in [9.17, 15) is 4.79 Å². The minimum Gasteiger partial charge on any atom is -0.437 e. The molecule has 0 aliphatic rings. The molecule has 1 aromatic heterocycles. The van der Waals surface area contributed by atoms with E-state index >= 15 is 0 Å². The van der Waals surface area contributed by atoms with Crippen LogP contribution in [0.3, 0.4) is 0 Å². The van der Waals surface area contributed by atoms with Gasteiger partial charge in [0, 0.05) is 5.56 Å². The summed E-state index contributed by atoms with van der Waals surface area (Å²) in [5.74, 6) is 0.967. The zero-order chi connectivity index (χ0) is 14.0. The lowest BCUT2D eigenvalue weighted by molar-refractivity contribution is 0.435. The van der Waals surface area contributed by atoms with Gasteiger partial charge in [0.15, 0.2) is 0 Å². The molecular formula is C14H15BrN2O2. The van der Waals surface area contributed by atoms with Crippen LogP contribution in [0.5, 0.6) is 11.6 Å². The number of benzene rings is 1. The molecule has 1 heterocycles. The largest absolute Gasteiger partial charge is 0.437 e. The minimum atomic E-state index is -0.266. The van der Waals surface area contributed by atoms with Crippen LogP contribution >= 0.6 is 15.9 Å². The molecule has 0 aliphatic heterocycles. The van der Waals surface area contributed by atoms with Crippen molar-refractivity contribution in [1.82, 2.24) is 9.97 Å². The lowest BCUT2D eigenvalue weighted by Gasteiger charge is -2.22. The normalized spacial score (nSPS) is 11.4. The van der Waals surface area contributed by atoms with Gasteiger partial charge in [-0.3, -0.25) is 4.79 Å². The first kappa shape index (κ1) is 13.8. The molecule has 100 valence electrons. The number of rotatable bonds is 2. The Morgan fingerprint density at radius 3 is 2.63 bits per heavy atom. The highest BCUT2D eigenvalue weighted by Gasteiger charge is 2.19. The molecule has 0 saturated heterocycles. The van der Waals surface area contributed by atoms with Crippen LogP contribution in [0.2, 0.25) is 0 Å². The molecule has 2 rings (SSSR count). The summed E-state index contributed by atoms with van der Waals surface area (Å²) in [5.41, 5.74) is 0.742. The topological polar surface area (TPSA) is 55.0 Å². The Labute approximate surface area is 120 Å². The van der Waals surface area contributed by atoms with E-state index in [2.05, 4.69) is 46.7 Å². The number of nitrogens with zero attached hydrogens (tertiary/aromatic N) is 1. The summed E-state index contributed by atoms with van der Waals surface area (Å²) in [5, 5.41) is 0. The smallest absolute Gasteiger partial charge is 0.268 e. The van der Waals surface area contributed by atoms with Gasteiger partial charge in [-0.25, -0.2) is 4.98 Å². The number of para-hydroxylation sites is 1. The van der Waals surface area contributed by atoms with Gasteiger partial charge in [0.2, 0.25) is 5.88 Å². The van der Waals surface area contributed by atoms with Crippen molar-refractivity contribution in [3.63, 3.8) is 0 Å². The number of aromatic amines is 1. The van der Waals surface area contributed by atoms with Gasteiger partial charge in [-0.15, -0.1) is 0 Å². The first-order chi connectivity index (χ1) is 8.89. The summed E-state index contributed by atoms with van der Waals surface area (Å²) < 4.78 is 6.06. The van der Waals surface area contributed by atoms with Crippen molar-refractivity contribution in [2.45, 2.75) is 26.2 Å². The summed E-state index contributed by atoms with van der Waals surface area (Å²) in [6, 6.07) is 7.74. The Bertz CT molecular complexity index is 644. The van der Waals surface area contributed by atoms with Crippen LogP contribution < -0.4 is 10.3 Å². The maximum atomic E-state index is 11.5. The van der Waals surface area contributed by atoms with E-state index < -0.39 is 0 Å². The van der Waals surface area contributed by atoms with Crippen LogP contribution in [-0.4, -0.2) is 9.97 Å². The maximum absolute atomic E-state index is 11.5. The Hall–Kier alpha value is -1.62. The molecule has 0 bridgehead atoms. The summed E-state index contributed by atoms with van der Waals surface area (Å²) in [6.45, 7) is 6.32. The predicted octanol–water partition coefficient (Wildman–Crippen LogP) is 3.62. The van der Waals surface area contributed by atoms with E-state index in [-0.39, 0.29) is 16.9 Å². The number of halogens is 1. The molecule has 1 aromatic carbocycles. The summed E-state index contributed by atoms with van der Waals surface area (Å²) in [7, 11) is 0. The van der Waals surface area contributed by atoms with Gasteiger partial charge in [-0.1, -0.05) is 39.0 Å². The van der Waals surface area contributed by atoms with Crippen LogP contribution in [-0.2, 0) is 5.41 Å². The Balaban J connectivity index is 2.45. The molecule has 0 saturated carbocycles. The van der Waals surface area contributed by atoms with Crippen LogP contribution in [0.25, 0.3) is 0 Å². The van der Waals surface area contributed by atoms with Crippen molar-refractivity contribution < 1.29 is 4.74 Å². The fraction of sp³-hybridized carbons (Fsp3) is 0.286. The van der Waals surface area contributed by atoms with Crippen molar-refractivity contribution in [2.75, 3.05) is 0 Å². The average molecular weight is 323 g/mol. The maximum Gasteiger partial charge on any atom is 0.268 e. The molecule has 2 aromatic rings. The molecule has 0 aliphatic carbocycles. The average Bonchev–Trinajstić information content (AvgIpc) is 2.34. The molecule has 19 heavy (non-hydrogen) atoms. The van der Waals surface area contributed by atoms with E-state index in [0.717, 1.165) is 5.56 Å². The molecule has 0 spiro atoms. The lowest BCUT2D eigenvalue weighted by atomic mass is 9.86. The highest BCUT2D eigenvalue weighted by molar-refractivity contribution is 9.10. The van der Waals surface area contributed by atoms with Gasteiger partial charge in [0.25, 0.3) is 5.56 Å². The van der Waals surface area contributed by atoms with Crippen molar-refractivity contribution in [2.24, 2.45) is 0 Å². The Morgan fingerprint density at radius 1 is 1.26 bits per heavy atom. The second-order valence-corrected chi connectivity index (χ2v) is 5.99. The summed E-state index contributed by atoms with van der Waals surface area (Å²) in [4.78, 5) is 18.0. The summed E-state index contributed by atoms with van der Waals surface area (Å²) >= 11 is 3.18. The van der Waals surface area contributed by atoms with Gasteiger partial charge in [0.05, 0.1) is 6.33 Å². The van der Waals surface area contributed by atoms with E-state index in [0.29, 0.717) is 10.2 Å². The van der Waals surface area contributed by atoms with E-state index in [1.54, 1.807) is 0 Å². The van der Waals surface area contributed by atoms with Crippen molar-refractivity contribution in [3.05, 3.63) is 51.0 Å². The zero-order valence-corrected chi connectivity index (χ0v) is 12.6. The van der Waals surface area contributed by atoms with Crippen LogP contribution in [0, 0.1) is 0 Å². The lowest BCUT2D eigenvalue weighted by Crippen LogP contribution is -2.13. The number of hydrogen-bond acceptors (Lipinski definition) is 3. The van der Waals surface area contributed by atoms with Gasteiger partial charge in [0.1, 0.15) is 10.2 Å². The first-order valence-corrected chi connectivity index (χ1v) is 6.69. The number of hydrogen-bond donors (Lipinski definition) is 1. The van der Waals surface area contributed by atoms with Crippen LogP contribution in [0.15, 0.2) is 39.9 Å². The number of nitrogens with one attached hydrogen (secondary N) is 1. The standard InChI is InChI=1S/C14H15BrN2O2/c1-14(2,3)9-6-4-5-7-10(9)19-13-11(15)12(18)16-8-17-13/h4-8H,1-3H3,(H,16,17,18).